The molecule has 0 aliphatic rings. The van der Waals surface area contributed by atoms with E-state index in [0.29, 0.717) is 22.6 Å². The van der Waals surface area contributed by atoms with Crippen molar-refractivity contribution in [3.05, 3.63) is 69.6 Å². The van der Waals surface area contributed by atoms with E-state index in [1.165, 1.54) is 18.3 Å². The van der Waals surface area contributed by atoms with Crippen LogP contribution in [0.4, 0.5) is 0 Å². The first-order valence-electron chi connectivity index (χ1n) is 7.26. The third-order valence-electron chi connectivity index (χ3n) is 3.51. The predicted octanol–water partition coefficient (Wildman–Crippen LogP) is 2.87. The minimum absolute atomic E-state index is 0.188. The number of benzene rings is 1. The van der Waals surface area contributed by atoms with Crippen molar-refractivity contribution in [2.75, 3.05) is 0 Å². The van der Waals surface area contributed by atoms with Crippen molar-refractivity contribution < 1.29 is 14.7 Å². The summed E-state index contributed by atoms with van der Waals surface area (Å²) in [6.45, 7) is 1.75. The van der Waals surface area contributed by atoms with Crippen LogP contribution in [0.2, 0.25) is 0 Å². The van der Waals surface area contributed by atoms with Crippen LogP contribution >= 0.6 is 15.9 Å². The lowest BCUT2D eigenvalue weighted by Gasteiger charge is -2.02. The summed E-state index contributed by atoms with van der Waals surface area (Å²) in [6.07, 6.45) is 3.20. The number of imidazole rings is 1. The number of carboxylic acids is 1. The number of nitrogens with zero attached hydrogens (tertiary/aromatic N) is 3. The molecule has 0 unspecified atom stereocenters. The Bertz CT molecular complexity index is 993. The van der Waals surface area contributed by atoms with Gasteiger partial charge in [0, 0.05) is 10.7 Å². The van der Waals surface area contributed by atoms with E-state index in [9.17, 15) is 9.59 Å². The van der Waals surface area contributed by atoms with Crippen LogP contribution in [0, 0.1) is 6.92 Å². The number of amides is 1. The maximum absolute atomic E-state index is 12.4. The molecule has 126 valence electrons. The van der Waals surface area contributed by atoms with E-state index in [4.69, 9.17) is 5.11 Å². The van der Waals surface area contributed by atoms with Gasteiger partial charge in [-0.15, -0.1) is 0 Å². The zero-order valence-corrected chi connectivity index (χ0v) is 14.7. The van der Waals surface area contributed by atoms with E-state index in [1.54, 1.807) is 35.7 Å². The maximum atomic E-state index is 12.4. The Kier molecular flexibility index (Phi) is 4.62. The Balaban J connectivity index is 1.77. The molecule has 0 atom stereocenters. The topological polar surface area (TPSA) is 96.1 Å². The molecule has 3 rings (SSSR count). The summed E-state index contributed by atoms with van der Waals surface area (Å²) in [7, 11) is 0. The standard InChI is InChI=1S/C17H13BrN4O3/c1-10-15(22-9-13(18)6-7-14(22)20-10)16(23)21-19-8-11-2-4-12(5-3-11)17(24)25/h2-9H,1H3,(H,21,23)(H,24,25)/b19-8+. The average molecular weight is 401 g/mol. The van der Waals surface area contributed by atoms with Crippen LogP contribution < -0.4 is 5.43 Å². The molecule has 0 fully saturated rings. The Hall–Kier alpha value is -3.00. The first-order chi connectivity index (χ1) is 12.0. The molecule has 0 aliphatic heterocycles. The number of fused-ring (bicyclic) bond motifs is 1. The molecule has 0 radical (unpaired) electrons. The quantitative estimate of drug-likeness (QED) is 0.519. The summed E-state index contributed by atoms with van der Waals surface area (Å²) in [6, 6.07) is 9.81. The number of hydrogen-bond donors (Lipinski definition) is 2. The first-order valence-corrected chi connectivity index (χ1v) is 8.06. The second-order valence-corrected chi connectivity index (χ2v) is 6.16. The third kappa shape index (κ3) is 3.58. The number of hydrazone groups is 1. The van der Waals surface area contributed by atoms with Crippen molar-refractivity contribution in [1.82, 2.24) is 14.8 Å². The normalized spacial score (nSPS) is 11.1. The molecule has 0 spiro atoms. The molecule has 1 amide bonds. The molecule has 2 heterocycles. The first kappa shape index (κ1) is 16.8. The summed E-state index contributed by atoms with van der Waals surface area (Å²) in [4.78, 5) is 27.6. The Labute approximate surface area is 151 Å². The fourth-order valence-corrected chi connectivity index (χ4v) is 2.68. The maximum Gasteiger partial charge on any atom is 0.335 e. The van der Waals surface area contributed by atoms with Gasteiger partial charge in [0.1, 0.15) is 11.3 Å². The van der Waals surface area contributed by atoms with E-state index in [2.05, 4.69) is 31.4 Å². The fourth-order valence-electron chi connectivity index (χ4n) is 2.34. The van der Waals surface area contributed by atoms with Gasteiger partial charge >= 0.3 is 5.97 Å². The highest BCUT2D eigenvalue weighted by Crippen LogP contribution is 2.16. The number of rotatable bonds is 4. The van der Waals surface area contributed by atoms with Gasteiger partial charge in [0.25, 0.3) is 5.91 Å². The van der Waals surface area contributed by atoms with Crippen LogP contribution in [0.25, 0.3) is 5.65 Å². The number of aryl methyl sites for hydroxylation is 1. The van der Waals surface area contributed by atoms with Gasteiger partial charge < -0.3 is 5.11 Å². The predicted molar refractivity (Wildman–Crippen MR) is 96.1 cm³/mol. The van der Waals surface area contributed by atoms with Gasteiger partial charge in [-0.25, -0.2) is 15.2 Å². The number of carbonyl (C=O) groups is 2. The van der Waals surface area contributed by atoms with Gasteiger partial charge in [0.15, 0.2) is 0 Å². The van der Waals surface area contributed by atoms with Crippen molar-refractivity contribution in [2.45, 2.75) is 6.92 Å². The summed E-state index contributed by atoms with van der Waals surface area (Å²) in [5.74, 6) is -1.38. The van der Waals surface area contributed by atoms with Crippen LogP contribution in [0.15, 0.2) is 52.2 Å². The molecule has 0 saturated carbocycles. The van der Waals surface area contributed by atoms with Crippen LogP contribution in [0.3, 0.4) is 0 Å². The van der Waals surface area contributed by atoms with E-state index < -0.39 is 5.97 Å². The fraction of sp³-hybridized carbons (Fsp3) is 0.0588. The van der Waals surface area contributed by atoms with Gasteiger partial charge in [-0.1, -0.05) is 12.1 Å². The molecule has 8 heteroatoms. The Morgan fingerprint density at radius 2 is 1.96 bits per heavy atom. The minimum Gasteiger partial charge on any atom is -0.478 e. The number of pyridine rings is 1. The number of nitrogens with one attached hydrogen (secondary N) is 1. The van der Waals surface area contributed by atoms with E-state index >= 15 is 0 Å². The van der Waals surface area contributed by atoms with Gasteiger partial charge in [0.05, 0.1) is 17.5 Å². The van der Waals surface area contributed by atoms with Gasteiger partial charge in [-0.05, 0) is 52.7 Å². The largest absolute Gasteiger partial charge is 0.478 e. The molecule has 1 aromatic carbocycles. The van der Waals surface area contributed by atoms with Crippen molar-refractivity contribution in [1.29, 1.82) is 0 Å². The van der Waals surface area contributed by atoms with Crippen LogP contribution in [-0.2, 0) is 0 Å². The third-order valence-corrected chi connectivity index (χ3v) is 3.98. The van der Waals surface area contributed by atoms with E-state index in [-0.39, 0.29) is 11.5 Å². The molecular formula is C17H13BrN4O3. The number of carbonyl (C=O) groups excluding carboxylic acids is 1. The highest BCUT2D eigenvalue weighted by atomic mass is 79.9. The number of hydrogen-bond acceptors (Lipinski definition) is 4. The SMILES string of the molecule is Cc1nc2ccc(Br)cn2c1C(=O)N/N=C/c1ccc(C(=O)O)cc1. The smallest absolute Gasteiger partial charge is 0.335 e. The van der Waals surface area contributed by atoms with Gasteiger partial charge in [-0.2, -0.15) is 5.10 Å². The summed E-state index contributed by atoms with van der Waals surface area (Å²) in [5, 5.41) is 12.8. The van der Waals surface area contributed by atoms with Crippen LogP contribution in [0.5, 0.6) is 0 Å². The lowest BCUT2D eigenvalue weighted by Crippen LogP contribution is -2.20. The Morgan fingerprint density at radius 1 is 1.24 bits per heavy atom. The number of halogens is 1. The second kappa shape index (κ2) is 6.86. The zero-order chi connectivity index (χ0) is 18.0. The highest BCUT2D eigenvalue weighted by Gasteiger charge is 2.16. The van der Waals surface area contributed by atoms with Crippen molar-refractivity contribution in [3.63, 3.8) is 0 Å². The molecular weight excluding hydrogens is 388 g/mol. The van der Waals surface area contributed by atoms with Crippen LogP contribution in [0.1, 0.15) is 32.1 Å². The number of aromatic carboxylic acids is 1. The summed E-state index contributed by atoms with van der Waals surface area (Å²) in [5.41, 5.74) is 4.98. The molecule has 2 aromatic heterocycles. The molecule has 7 nitrogen and oxygen atoms in total. The van der Waals surface area contributed by atoms with Gasteiger partial charge in [0.2, 0.25) is 0 Å². The lowest BCUT2D eigenvalue weighted by atomic mass is 10.1. The minimum atomic E-state index is -0.994. The summed E-state index contributed by atoms with van der Waals surface area (Å²) >= 11 is 3.37. The second-order valence-electron chi connectivity index (χ2n) is 5.25. The van der Waals surface area contributed by atoms with Gasteiger partial charge in [-0.3, -0.25) is 9.20 Å². The molecule has 0 aliphatic carbocycles. The van der Waals surface area contributed by atoms with Crippen molar-refractivity contribution >= 4 is 39.7 Å². The van der Waals surface area contributed by atoms with E-state index in [0.717, 1.165) is 4.47 Å². The van der Waals surface area contributed by atoms with E-state index in [1.807, 2.05) is 6.07 Å². The molecule has 3 aromatic rings. The van der Waals surface area contributed by atoms with Crippen molar-refractivity contribution in [3.8, 4) is 0 Å². The summed E-state index contributed by atoms with van der Waals surface area (Å²) < 4.78 is 2.51. The lowest BCUT2D eigenvalue weighted by molar-refractivity contribution is 0.0696. The zero-order valence-electron chi connectivity index (χ0n) is 13.1. The monoisotopic (exact) mass is 400 g/mol. The highest BCUT2D eigenvalue weighted by molar-refractivity contribution is 9.10. The van der Waals surface area contributed by atoms with Crippen molar-refractivity contribution in [2.24, 2.45) is 5.10 Å². The molecule has 0 saturated heterocycles. The number of carboxylic acid groups (broad SMARTS) is 1. The molecule has 2 N–H and O–H groups in total. The average Bonchev–Trinajstić information content (AvgIpc) is 2.90. The molecule has 0 bridgehead atoms. The Morgan fingerprint density at radius 3 is 2.64 bits per heavy atom. The van der Waals surface area contributed by atoms with Crippen LogP contribution in [-0.4, -0.2) is 32.6 Å². The number of aromatic nitrogens is 2. The molecule has 25 heavy (non-hydrogen) atoms.